The summed E-state index contributed by atoms with van der Waals surface area (Å²) in [7, 11) is 0. The van der Waals surface area contributed by atoms with Gasteiger partial charge in [-0.05, 0) is 29.7 Å². The Balaban J connectivity index is 1.67. The molecule has 23 heavy (non-hydrogen) atoms. The fourth-order valence-electron chi connectivity index (χ4n) is 2.59. The van der Waals surface area contributed by atoms with Crippen LogP contribution in [0.2, 0.25) is 0 Å². The zero-order valence-electron chi connectivity index (χ0n) is 12.7. The Hall–Kier alpha value is -2.87. The zero-order chi connectivity index (χ0) is 16.1. The van der Waals surface area contributed by atoms with Gasteiger partial charge < -0.3 is 5.11 Å². The van der Waals surface area contributed by atoms with Crippen molar-refractivity contribution < 1.29 is 9.90 Å². The maximum Gasteiger partial charge on any atom is 0.173 e. The van der Waals surface area contributed by atoms with Crippen molar-refractivity contribution in [3.63, 3.8) is 0 Å². The number of phenols is 1. The first kappa shape index (κ1) is 15.0. The average Bonchev–Trinajstić information content (AvgIpc) is 2.61. The molecule has 0 aliphatic heterocycles. The second kappa shape index (κ2) is 6.93. The molecule has 2 aromatic rings. The first-order valence-electron chi connectivity index (χ1n) is 7.68. The van der Waals surface area contributed by atoms with Gasteiger partial charge in [-0.3, -0.25) is 4.79 Å². The predicted molar refractivity (Wildman–Crippen MR) is 93.2 cm³/mol. The molecule has 0 saturated heterocycles. The fraction of sp³-hybridized carbons (Fsp3) is 0.0952. The number of hydrogen-bond donors (Lipinski definition) is 1. The minimum Gasteiger partial charge on any atom is -0.507 e. The molecular weight excluding hydrogens is 284 g/mol. The summed E-state index contributed by atoms with van der Waals surface area (Å²) in [5.41, 5.74) is 2.63. The van der Waals surface area contributed by atoms with E-state index >= 15 is 0 Å². The van der Waals surface area contributed by atoms with Crippen LogP contribution in [0.25, 0.3) is 6.08 Å². The summed E-state index contributed by atoms with van der Waals surface area (Å²) < 4.78 is 0. The van der Waals surface area contributed by atoms with E-state index < -0.39 is 0 Å². The molecule has 0 radical (unpaired) electrons. The smallest absolute Gasteiger partial charge is 0.173 e. The minimum absolute atomic E-state index is 0.0401. The quantitative estimate of drug-likeness (QED) is 0.824. The summed E-state index contributed by atoms with van der Waals surface area (Å²) >= 11 is 0. The number of carbonyl (C=O) groups is 1. The maximum absolute atomic E-state index is 12.4. The highest BCUT2D eigenvalue weighted by Gasteiger charge is 2.20. The number of para-hydroxylation sites is 1. The third-order valence-corrected chi connectivity index (χ3v) is 3.90. The van der Waals surface area contributed by atoms with Crippen LogP contribution in [0, 0.1) is 5.92 Å². The minimum atomic E-state index is -0.211. The van der Waals surface area contributed by atoms with E-state index in [0.29, 0.717) is 12.0 Å². The van der Waals surface area contributed by atoms with Crippen molar-refractivity contribution >= 4 is 11.9 Å². The molecule has 1 N–H and O–H groups in total. The lowest BCUT2D eigenvalue weighted by molar-refractivity contribution is 0.0942. The number of carbonyl (C=O) groups excluding carboxylic acids is 1. The summed E-state index contributed by atoms with van der Waals surface area (Å²) in [5, 5.41) is 9.80. The zero-order valence-corrected chi connectivity index (χ0v) is 12.7. The highest BCUT2D eigenvalue weighted by atomic mass is 16.3. The predicted octanol–water partition coefficient (Wildman–Crippen LogP) is 4.79. The average molecular weight is 302 g/mol. The molecule has 2 heteroatoms. The number of aromatic hydroxyl groups is 1. The summed E-state index contributed by atoms with van der Waals surface area (Å²) in [5.74, 6) is -0.205. The van der Waals surface area contributed by atoms with Crippen molar-refractivity contribution in [2.75, 3.05) is 0 Å². The van der Waals surface area contributed by atoms with Crippen molar-refractivity contribution in [2.24, 2.45) is 5.92 Å². The lowest BCUT2D eigenvalue weighted by atomic mass is 9.89. The highest BCUT2D eigenvalue weighted by molar-refractivity contribution is 6.01. The SMILES string of the molecule is O=C(c1ccccc1O)C1C=CC(/C=C/c2ccccc2)=CC1. The van der Waals surface area contributed by atoms with E-state index in [1.165, 1.54) is 0 Å². The molecule has 0 bridgehead atoms. The van der Waals surface area contributed by atoms with Crippen molar-refractivity contribution in [1.82, 2.24) is 0 Å². The van der Waals surface area contributed by atoms with E-state index in [-0.39, 0.29) is 17.5 Å². The second-order valence-electron chi connectivity index (χ2n) is 5.53. The van der Waals surface area contributed by atoms with Crippen molar-refractivity contribution in [3.05, 3.63) is 95.6 Å². The topological polar surface area (TPSA) is 37.3 Å². The summed E-state index contributed by atoms with van der Waals surface area (Å²) in [6.45, 7) is 0. The molecule has 1 aliphatic rings. The Labute approximate surface area is 136 Å². The van der Waals surface area contributed by atoms with Gasteiger partial charge in [0.2, 0.25) is 0 Å². The van der Waals surface area contributed by atoms with Crippen molar-refractivity contribution in [2.45, 2.75) is 6.42 Å². The molecule has 0 spiro atoms. The van der Waals surface area contributed by atoms with Crippen LogP contribution in [0.3, 0.4) is 0 Å². The van der Waals surface area contributed by atoms with Gasteiger partial charge in [-0.2, -0.15) is 0 Å². The molecule has 3 rings (SSSR count). The Bertz CT molecular complexity index is 782. The van der Waals surface area contributed by atoms with E-state index in [1.54, 1.807) is 24.3 Å². The number of allylic oxidation sites excluding steroid dienone is 5. The Morgan fingerprint density at radius 3 is 2.43 bits per heavy atom. The van der Waals surface area contributed by atoms with Gasteiger partial charge in [0.1, 0.15) is 5.75 Å². The Morgan fingerprint density at radius 2 is 1.74 bits per heavy atom. The lowest BCUT2D eigenvalue weighted by Crippen LogP contribution is -2.13. The van der Waals surface area contributed by atoms with Crippen molar-refractivity contribution in [3.8, 4) is 5.75 Å². The first-order chi connectivity index (χ1) is 11.2. The molecule has 0 saturated carbocycles. The number of Topliss-reactive ketones (excluding diaryl/α,β-unsaturated/α-hetero) is 1. The van der Waals surface area contributed by atoms with Crippen LogP contribution in [0.15, 0.2) is 84.5 Å². The van der Waals surface area contributed by atoms with E-state index in [1.807, 2.05) is 48.6 Å². The molecule has 0 aromatic heterocycles. The highest BCUT2D eigenvalue weighted by Crippen LogP contribution is 2.25. The molecule has 1 atom stereocenters. The maximum atomic E-state index is 12.4. The van der Waals surface area contributed by atoms with E-state index in [4.69, 9.17) is 0 Å². The molecule has 2 nitrogen and oxygen atoms in total. The van der Waals surface area contributed by atoms with Crippen LogP contribution < -0.4 is 0 Å². The van der Waals surface area contributed by atoms with Gasteiger partial charge in [0.15, 0.2) is 5.78 Å². The van der Waals surface area contributed by atoms with Crippen LogP contribution in [-0.2, 0) is 0 Å². The molecule has 0 amide bonds. The van der Waals surface area contributed by atoms with Gasteiger partial charge in [-0.25, -0.2) is 0 Å². The van der Waals surface area contributed by atoms with E-state index in [9.17, 15) is 9.90 Å². The fourth-order valence-corrected chi connectivity index (χ4v) is 2.59. The standard InChI is InChI=1S/C21H18O2/c22-20-9-5-4-8-19(20)21(23)18-14-12-17(13-15-18)11-10-16-6-2-1-3-7-16/h1-14,18,22H,15H2/b11-10+. The van der Waals surface area contributed by atoms with Gasteiger partial charge >= 0.3 is 0 Å². The largest absolute Gasteiger partial charge is 0.507 e. The first-order valence-corrected chi connectivity index (χ1v) is 7.68. The Morgan fingerprint density at radius 1 is 1.00 bits per heavy atom. The number of hydrogen-bond acceptors (Lipinski definition) is 2. The van der Waals surface area contributed by atoms with Gasteiger partial charge in [-0.1, -0.05) is 72.8 Å². The van der Waals surface area contributed by atoms with Gasteiger partial charge in [0.05, 0.1) is 5.56 Å². The molecule has 0 heterocycles. The molecule has 0 fully saturated rings. The molecular formula is C21H18O2. The third-order valence-electron chi connectivity index (χ3n) is 3.90. The summed E-state index contributed by atoms with van der Waals surface area (Å²) in [6, 6.07) is 16.8. The molecule has 1 aliphatic carbocycles. The van der Waals surface area contributed by atoms with Crippen molar-refractivity contribution in [1.29, 1.82) is 0 Å². The van der Waals surface area contributed by atoms with E-state index in [0.717, 1.165) is 11.1 Å². The summed E-state index contributed by atoms with van der Waals surface area (Å²) in [4.78, 5) is 12.4. The molecule has 114 valence electrons. The number of ketones is 1. The number of rotatable bonds is 4. The van der Waals surface area contributed by atoms with Crippen LogP contribution >= 0.6 is 0 Å². The number of benzene rings is 2. The molecule has 1 unspecified atom stereocenters. The summed E-state index contributed by atoms with van der Waals surface area (Å²) in [6.07, 6.45) is 10.7. The van der Waals surface area contributed by atoms with Crippen LogP contribution in [-0.4, -0.2) is 10.9 Å². The van der Waals surface area contributed by atoms with E-state index in [2.05, 4.69) is 12.2 Å². The van der Waals surface area contributed by atoms with Crippen LogP contribution in [0.4, 0.5) is 0 Å². The Kier molecular flexibility index (Phi) is 4.53. The monoisotopic (exact) mass is 302 g/mol. The van der Waals surface area contributed by atoms with Crippen LogP contribution in [0.5, 0.6) is 5.75 Å². The lowest BCUT2D eigenvalue weighted by Gasteiger charge is -2.14. The molecule has 2 aromatic carbocycles. The second-order valence-corrected chi connectivity index (χ2v) is 5.53. The number of phenolic OH excluding ortho intramolecular Hbond substituents is 1. The van der Waals surface area contributed by atoms with Gasteiger partial charge in [0.25, 0.3) is 0 Å². The van der Waals surface area contributed by atoms with Crippen LogP contribution in [0.1, 0.15) is 22.3 Å². The normalized spacial score (nSPS) is 17.2. The van der Waals surface area contributed by atoms with Gasteiger partial charge in [-0.15, -0.1) is 0 Å². The van der Waals surface area contributed by atoms with Gasteiger partial charge in [0, 0.05) is 5.92 Å². The third kappa shape index (κ3) is 3.67.